The van der Waals surface area contributed by atoms with Crippen LogP contribution < -0.4 is 0 Å². The second-order valence-electron chi connectivity index (χ2n) is 4.55. The Labute approximate surface area is 92.9 Å². The molecule has 86 valence electrons. The van der Waals surface area contributed by atoms with E-state index in [9.17, 15) is 0 Å². The molecule has 3 nitrogen and oxygen atoms in total. The van der Waals surface area contributed by atoms with Crippen molar-refractivity contribution in [2.24, 2.45) is 5.92 Å². The first-order valence-corrected chi connectivity index (χ1v) is 6.00. The molecule has 0 saturated heterocycles. The quantitative estimate of drug-likeness (QED) is 0.746. The van der Waals surface area contributed by atoms with E-state index in [4.69, 9.17) is 0 Å². The largest absolute Gasteiger partial charge is 0.247 e. The molecule has 0 fully saturated rings. The topological polar surface area (TPSA) is 30.7 Å². The second kappa shape index (κ2) is 5.29. The number of hydrogen-bond donors (Lipinski definition) is 0. The van der Waals surface area contributed by atoms with Gasteiger partial charge in [-0.15, -0.1) is 5.10 Å². The summed E-state index contributed by atoms with van der Waals surface area (Å²) >= 11 is 0. The molecule has 0 amide bonds. The fourth-order valence-electron chi connectivity index (χ4n) is 1.90. The van der Waals surface area contributed by atoms with Crippen molar-refractivity contribution in [2.45, 2.75) is 59.9 Å². The summed E-state index contributed by atoms with van der Waals surface area (Å²) in [6, 6.07) is 0.410. The predicted octanol–water partition coefficient (Wildman–Crippen LogP) is 3.15. The van der Waals surface area contributed by atoms with Crippen LogP contribution >= 0.6 is 0 Å². The van der Waals surface area contributed by atoms with E-state index in [2.05, 4.69) is 44.9 Å². The van der Waals surface area contributed by atoms with E-state index < -0.39 is 0 Å². The summed E-state index contributed by atoms with van der Waals surface area (Å²) in [6.45, 7) is 10.9. The van der Waals surface area contributed by atoms with E-state index in [0.29, 0.717) is 6.04 Å². The molecule has 1 heterocycles. The van der Waals surface area contributed by atoms with Gasteiger partial charge in [-0.2, -0.15) is 0 Å². The van der Waals surface area contributed by atoms with Crippen LogP contribution in [0.3, 0.4) is 0 Å². The van der Waals surface area contributed by atoms with Gasteiger partial charge in [-0.3, -0.25) is 0 Å². The van der Waals surface area contributed by atoms with Gasteiger partial charge in [-0.1, -0.05) is 31.9 Å². The molecule has 0 aromatic carbocycles. The van der Waals surface area contributed by atoms with Crippen molar-refractivity contribution in [2.75, 3.05) is 0 Å². The third-order valence-electron chi connectivity index (χ3n) is 3.15. The summed E-state index contributed by atoms with van der Waals surface area (Å²) in [5.74, 6) is 0.751. The van der Waals surface area contributed by atoms with Gasteiger partial charge in [0.2, 0.25) is 0 Å². The molecule has 3 heteroatoms. The third-order valence-corrected chi connectivity index (χ3v) is 3.15. The van der Waals surface area contributed by atoms with Crippen molar-refractivity contribution in [3.8, 4) is 0 Å². The van der Waals surface area contributed by atoms with E-state index >= 15 is 0 Å². The zero-order chi connectivity index (χ0) is 11.4. The highest BCUT2D eigenvalue weighted by Gasteiger charge is 2.14. The molecule has 0 unspecified atom stereocenters. The molecular formula is C12H23N3. The molecular weight excluding hydrogens is 186 g/mol. The maximum Gasteiger partial charge on any atom is 0.0859 e. The minimum atomic E-state index is 0.410. The van der Waals surface area contributed by atoms with Crippen LogP contribution in [0.15, 0.2) is 0 Å². The van der Waals surface area contributed by atoms with Crippen molar-refractivity contribution in [1.82, 2.24) is 15.0 Å². The van der Waals surface area contributed by atoms with E-state index in [1.54, 1.807) is 0 Å². The summed E-state index contributed by atoms with van der Waals surface area (Å²) in [7, 11) is 0. The lowest BCUT2D eigenvalue weighted by molar-refractivity contribution is 0.483. The van der Waals surface area contributed by atoms with Crippen LogP contribution in [-0.2, 0) is 6.42 Å². The fraction of sp³-hybridized carbons (Fsp3) is 0.833. The molecule has 0 bridgehead atoms. The van der Waals surface area contributed by atoms with Gasteiger partial charge < -0.3 is 0 Å². The van der Waals surface area contributed by atoms with Crippen LogP contribution in [0.1, 0.15) is 58.0 Å². The van der Waals surface area contributed by atoms with E-state index in [0.717, 1.165) is 12.3 Å². The van der Waals surface area contributed by atoms with Gasteiger partial charge in [0, 0.05) is 6.04 Å². The Morgan fingerprint density at radius 3 is 2.20 bits per heavy atom. The molecule has 0 aliphatic heterocycles. The molecule has 0 aliphatic rings. The van der Waals surface area contributed by atoms with E-state index in [-0.39, 0.29) is 0 Å². The highest BCUT2D eigenvalue weighted by molar-refractivity contribution is 5.09. The van der Waals surface area contributed by atoms with Crippen LogP contribution in [0.2, 0.25) is 0 Å². The van der Waals surface area contributed by atoms with Gasteiger partial charge in [-0.25, -0.2) is 4.68 Å². The van der Waals surface area contributed by atoms with Crippen molar-refractivity contribution in [1.29, 1.82) is 0 Å². The minimum absolute atomic E-state index is 0.410. The van der Waals surface area contributed by atoms with Crippen LogP contribution in [0.5, 0.6) is 0 Å². The SMILES string of the molecule is CCC(CC)Cc1nnn(C(C)C)c1C. The molecule has 1 rings (SSSR count). The molecule has 1 aromatic rings. The second-order valence-corrected chi connectivity index (χ2v) is 4.55. The summed E-state index contributed by atoms with van der Waals surface area (Å²) in [5.41, 5.74) is 2.41. The van der Waals surface area contributed by atoms with Crippen LogP contribution in [0, 0.1) is 12.8 Å². The minimum Gasteiger partial charge on any atom is -0.247 e. The Bertz CT molecular complexity index is 298. The zero-order valence-corrected chi connectivity index (χ0v) is 10.6. The summed E-state index contributed by atoms with van der Waals surface area (Å²) in [5, 5.41) is 8.49. The van der Waals surface area contributed by atoms with Crippen LogP contribution in [-0.4, -0.2) is 15.0 Å². The maximum absolute atomic E-state index is 4.29. The van der Waals surface area contributed by atoms with Gasteiger partial charge in [0.25, 0.3) is 0 Å². The Morgan fingerprint density at radius 2 is 1.80 bits per heavy atom. The highest BCUT2D eigenvalue weighted by atomic mass is 15.4. The normalized spacial score (nSPS) is 11.7. The first kappa shape index (κ1) is 12.2. The predicted molar refractivity (Wildman–Crippen MR) is 62.9 cm³/mol. The van der Waals surface area contributed by atoms with Crippen molar-refractivity contribution >= 4 is 0 Å². The molecule has 0 atom stereocenters. The Kier molecular flexibility index (Phi) is 4.30. The van der Waals surface area contributed by atoms with E-state index in [1.165, 1.54) is 24.2 Å². The number of nitrogens with zero attached hydrogens (tertiary/aromatic N) is 3. The molecule has 0 aliphatic carbocycles. The molecule has 1 aromatic heterocycles. The third kappa shape index (κ3) is 2.80. The fourth-order valence-corrected chi connectivity index (χ4v) is 1.90. The van der Waals surface area contributed by atoms with Gasteiger partial charge in [0.1, 0.15) is 0 Å². The number of rotatable bonds is 5. The lowest BCUT2D eigenvalue weighted by Gasteiger charge is -2.11. The first-order valence-electron chi connectivity index (χ1n) is 6.00. The Morgan fingerprint density at radius 1 is 1.20 bits per heavy atom. The molecule has 0 spiro atoms. The smallest absolute Gasteiger partial charge is 0.0859 e. The summed E-state index contributed by atoms with van der Waals surface area (Å²) in [6.07, 6.45) is 3.53. The molecule has 0 saturated carbocycles. The maximum atomic E-state index is 4.29. The molecule has 0 radical (unpaired) electrons. The highest BCUT2D eigenvalue weighted by Crippen LogP contribution is 2.17. The van der Waals surface area contributed by atoms with Crippen LogP contribution in [0.25, 0.3) is 0 Å². The van der Waals surface area contributed by atoms with Crippen molar-refractivity contribution < 1.29 is 0 Å². The van der Waals surface area contributed by atoms with Gasteiger partial charge in [0.05, 0.1) is 11.4 Å². The van der Waals surface area contributed by atoms with Crippen molar-refractivity contribution in [3.63, 3.8) is 0 Å². The Balaban J connectivity index is 2.78. The number of aromatic nitrogens is 3. The average molecular weight is 209 g/mol. The van der Waals surface area contributed by atoms with Gasteiger partial charge in [-0.05, 0) is 33.1 Å². The number of hydrogen-bond acceptors (Lipinski definition) is 2. The van der Waals surface area contributed by atoms with Crippen molar-refractivity contribution in [3.05, 3.63) is 11.4 Å². The van der Waals surface area contributed by atoms with Gasteiger partial charge >= 0.3 is 0 Å². The lowest BCUT2D eigenvalue weighted by Crippen LogP contribution is -2.07. The standard InChI is InChI=1S/C12H23N3/c1-6-11(7-2)8-12-10(5)15(9(3)4)14-13-12/h9,11H,6-8H2,1-5H3. The Hall–Kier alpha value is -0.860. The van der Waals surface area contributed by atoms with Gasteiger partial charge in [0.15, 0.2) is 0 Å². The van der Waals surface area contributed by atoms with E-state index in [1.807, 2.05) is 4.68 Å². The molecule has 15 heavy (non-hydrogen) atoms. The van der Waals surface area contributed by atoms with Crippen LogP contribution in [0.4, 0.5) is 0 Å². The summed E-state index contributed by atoms with van der Waals surface area (Å²) < 4.78 is 2.01. The first-order chi connectivity index (χ1) is 7.10. The monoisotopic (exact) mass is 209 g/mol. The average Bonchev–Trinajstić information content (AvgIpc) is 2.56. The molecule has 0 N–H and O–H groups in total. The lowest BCUT2D eigenvalue weighted by atomic mass is 9.97. The summed E-state index contributed by atoms with van der Waals surface area (Å²) in [4.78, 5) is 0. The zero-order valence-electron chi connectivity index (χ0n) is 10.6.